The van der Waals surface area contributed by atoms with E-state index in [1.54, 1.807) is 7.11 Å². The summed E-state index contributed by atoms with van der Waals surface area (Å²) in [7, 11) is 1.61. The van der Waals surface area contributed by atoms with Gasteiger partial charge in [-0.1, -0.05) is 12.1 Å². The van der Waals surface area contributed by atoms with Gasteiger partial charge in [0.2, 0.25) is 0 Å². The summed E-state index contributed by atoms with van der Waals surface area (Å²) in [6, 6.07) is 7.58. The number of aliphatic carboxylic acids is 1. The van der Waals surface area contributed by atoms with E-state index in [0.29, 0.717) is 13.0 Å². The normalized spacial score (nSPS) is 23.8. The zero-order chi connectivity index (χ0) is 13.2. The summed E-state index contributed by atoms with van der Waals surface area (Å²) in [5, 5.41) is 9.21. The Labute approximate surface area is 106 Å². The first kappa shape index (κ1) is 12.7. The number of anilines is 1. The monoisotopic (exact) mass is 250 g/mol. The first-order chi connectivity index (χ1) is 8.57. The van der Waals surface area contributed by atoms with Crippen LogP contribution in [0.3, 0.4) is 0 Å². The topological polar surface area (TPSA) is 75.8 Å². The van der Waals surface area contributed by atoms with Crippen LogP contribution in [0.5, 0.6) is 5.75 Å². The first-order valence-corrected chi connectivity index (χ1v) is 5.97. The fourth-order valence-electron chi connectivity index (χ4n) is 2.36. The summed E-state index contributed by atoms with van der Waals surface area (Å²) in [6.07, 6.45) is 1.27. The summed E-state index contributed by atoms with van der Waals surface area (Å²) in [6.45, 7) is 1.11. The van der Waals surface area contributed by atoms with Crippen molar-refractivity contribution in [1.82, 2.24) is 0 Å². The molecule has 0 amide bonds. The van der Waals surface area contributed by atoms with E-state index in [2.05, 4.69) is 0 Å². The van der Waals surface area contributed by atoms with Crippen LogP contribution in [-0.4, -0.2) is 36.8 Å². The first-order valence-electron chi connectivity index (χ1n) is 5.97. The van der Waals surface area contributed by atoms with Crippen LogP contribution >= 0.6 is 0 Å². The Kier molecular flexibility index (Phi) is 3.43. The molecule has 1 heterocycles. The van der Waals surface area contributed by atoms with E-state index in [0.717, 1.165) is 24.4 Å². The minimum absolute atomic E-state index is 0.308. The van der Waals surface area contributed by atoms with E-state index in [9.17, 15) is 9.90 Å². The minimum Gasteiger partial charge on any atom is -0.495 e. The van der Waals surface area contributed by atoms with Gasteiger partial charge in [-0.2, -0.15) is 0 Å². The van der Waals surface area contributed by atoms with Crippen LogP contribution in [-0.2, 0) is 4.79 Å². The van der Waals surface area contributed by atoms with Crippen LogP contribution in [0.4, 0.5) is 5.69 Å². The largest absolute Gasteiger partial charge is 0.495 e. The number of benzene rings is 1. The number of methoxy groups -OCH3 is 1. The molecule has 3 N–H and O–H groups in total. The molecule has 98 valence electrons. The molecule has 18 heavy (non-hydrogen) atoms. The van der Waals surface area contributed by atoms with Crippen LogP contribution in [0.25, 0.3) is 0 Å². The Balaban J connectivity index is 2.26. The van der Waals surface area contributed by atoms with Gasteiger partial charge in [-0.15, -0.1) is 0 Å². The van der Waals surface area contributed by atoms with E-state index in [1.807, 2.05) is 29.2 Å². The molecule has 0 radical (unpaired) electrons. The quantitative estimate of drug-likeness (QED) is 0.839. The molecule has 0 aromatic heterocycles. The molecule has 0 spiro atoms. The van der Waals surface area contributed by atoms with Crippen molar-refractivity contribution >= 4 is 11.7 Å². The third-order valence-corrected chi connectivity index (χ3v) is 3.38. The molecule has 1 aliphatic rings. The average Bonchev–Trinajstić information content (AvgIpc) is 2.38. The van der Waals surface area contributed by atoms with Crippen molar-refractivity contribution in [2.75, 3.05) is 25.1 Å². The van der Waals surface area contributed by atoms with E-state index < -0.39 is 11.5 Å². The minimum atomic E-state index is -1.17. The maximum atomic E-state index is 11.2. The number of nitrogens with zero attached hydrogens (tertiary/aromatic N) is 1. The van der Waals surface area contributed by atoms with E-state index in [1.165, 1.54) is 0 Å². The predicted octanol–water partition coefficient (Wildman–Crippen LogP) is 1.08. The molecule has 0 aliphatic carbocycles. The maximum Gasteiger partial charge on any atom is 0.325 e. The third kappa shape index (κ3) is 2.26. The van der Waals surface area contributed by atoms with Gasteiger partial charge < -0.3 is 20.5 Å². The summed E-state index contributed by atoms with van der Waals surface area (Å²) in [4.78, 5) is 13.2. The Morgan fingerprint density at radius 2 is 2.22 bits per heavy atom. The highest BCUT2D eigenvalue weighted by atomic mass is 16.5. The van der Waals surface area contributed by atoms with Crippen LogP contribution in [0.15, 0.2) is 24.3 Å². The van der Waals surface area contributed by atoms with Gasteiger partial charge in [-0.25, -0.2) is 0 Å². The van der Waals surface area contributed by atoms with Crippen LogP contribution in [0, 0.1) is 0 Å². The Morgan fingerprint density at radius 1 is 1.50 bits per heavy atom. The lowest BCUT2D eigenvalue weighted by Crippen LogP contribution is -2.59. The average molecular weight is 250 g/mol. The second-order valence-corrected chi connectivity index (χ2v) is 4.66. The molecule has 1 aromatic rings. The van der Waals surface area contributed by atoms with Gasteiger partial charge in [0.05, 0.1) is 12.8 Å². The molecule has 1 unspecified atom stereocenters. The fraction of sp³-hybridized carbons (Fsp3) is 0.462. The molecule has 0 bridgehead atoms. The summed E-state index contributed by atoms with van der Waals surface area (Å²) < 4.78 is 5.30. The molecule has 1 aromatic carbocycles. The summed E-state index contributed by atoms with van der Waals surface area (Å²) >= 11 is 0. The van der Waals surface area contributed by atoms with Crippen molar-refractivity contribution in [3.8, 4) is 5.75 Å². The highest BCUT2D eigenvalue weighted by Gasteiger charge is 2.39. The standard InChI is InChI=1S/C13H18N2O3/c1-18-11-6-3-2-5-10(11)15-8-4-7-13(14,9-15)12(16)17/h2-3,5-6H,4,7-9,14H2,1H3,(H,16,17). The van der Waals surface area contributed by atoms with E-state index in [4.69, 9.17) is 10.5 Å². The van der Waals surface area contributed by atoms with E-state index >= 15 is 0 Å². The van der Waals surface area contributed by atoms with Gasteiger partial charge in [0, 0.05) is 13.1 Å². The number of carbonyl (C=O) groups is 1. The van der Waals surface area contributed by atoms with Gasteiger partial charge in [0.15, 0.2) is 0 Å². The van der Waals surface area contributed by atoms with Crippen LogP contribution in [0.1, 0.15) is 12.8 Å². The van der Waals surface area contributed by atoms with Gasteiger partial charge in [-0.3, -0.25) is 4.79 Å². The van der Waals surface area contributed by atoms with Gasteiger partial charge in [-0.05, 0) is 25.0 Å². The number of rotatable bonds is 3. The van der Waals surface area contributed by atoms with Crippen molar-refractivity contribution in [2.45, 2.75) is 18.4 Å². The highest BCUT2D eigenvalue weighted by molar-refractivity contribution is 5.80. The lowest BCUT2D eigenvalue weighted by Gasteiger charge is -2.39. The molecule has 2 rings (SSSR count). The number of piperidine rings is 1. The number of nitrogens with two attached hydrogens (primary N) is 1. The number of hydrogen-bond donors (Lipinski definition) is 2. The Bertz CT molecular complexity index is 450. The van der Waals surface area contributed by atoms with Gasteiger partial charge >= 0.3 is 5.97 Å². The number of hydrogen-bond acceptors (Lipinski definition) is 4. The van der Waals surface area contributed by atoms with Crippen LogP contribution in [0.2, 0.25) is 0 Å². The zero-order valence-electron chi connectivity index (χ0n) is 10.4. The van der Waals surface area contributed by atoms with Crippen molar-refractivity contribution in [2.24, 2.45) is 5.73 Å². The van der Waals surface area contributed by atoms with Gasteiger partial charge in [0.1, 0.15) is 11.3 Å². The van der Waals surface area contributed by atoms with Crippen molar-refractivity contribution in [3.63, 3.8) is 0 Å². The zero-order valence-corrected chi connectivity index (χ0v) is 10.4. The molecule has 1 fully saturated rings. The molecule has 5 nitrogen and oxygen atoms in total. The number of carboxylic acid groups (broad SMARTS) is 1. The SMILES string of the molecule is COc1ccccc1N1CCCC(N)(C(=O)O)C1. The number of ether oxygens (including phenoxy) is 1. The maximum absolute atomic E-state index is 11.2. The number of para-hydroxylation sites is 2. The third-order valence-electron chi connectivity index (χ3n) is 3.38. The smallest absolute Gasteiger partial charge is 0.325 e. The summed E-state index contributed by atoms with van der Waals surface area (Å²) in [5.74, 6) is -0.200. The van der Waals surface area contributed by atoms with Gasteiger partial charge in [0.25, 0.3) is 0 Å². The molecule has 1 atom stereocenters. The molecular weight excluding hydrogens is 232 g/mol. The second kappa shape index (κ2) is 4.86. The molecule has 0 saturated carbocycles. The molecule has 1 saturated heterocycles. The van der Waals surface area contributed by atoms with Crippen molar-refractivity contribution in [3.05, 3.63) is 24.3 Å². The summed E-state index contributed by atoms with van der Waals surface area (Å²) in [5.41, 5.74) is 5.67. The Morgan fingerprint density at radius 3 is 2.89 bits per heavy atom. The van der Waals surface area contributed by atoms with Crippen LogP contribution < -0.4 is 15.4 Å². The fourth-order valence-corrected chi connectivity index (χ4v) is 2.36. The highest BCUT2D eigenvalue weighted by Crippen LogP contribution is 2.31. The molecular formula is C13H18N2O3. The molecule has 5 heteroatoms. The predicted molar refractivity (Wildman–Crippen MR) is 69.0 cm³/mol. The van der Waals surface area contributed by atoms with E-state index in [-0.39, 0.29) is 0 Å². The lowest BCUT2D eigenvalue weighted by atomic mass is 9.90. The lowest BCUT2D eigenvalue weighted by molar-refractivity contribution is -0.143. The number of carboxylic acids is 1. The molecule has 1 aliphatic heterocycles. The second-order valence-electron chi connectivity index (χ2n) is 4.66. The Hall–Kier alpha value is -1.75. The van der Waals surface area contributed by atoms with Crippen molar-refractivity contribution in [1.29, 1.82) is 0 Å². The van der Waals surface area contributed by atoms with Crippen molar-refractivity contribution < 1.29 is 14.6 Å².